The summed E-state index contributed by atoms with van der Waals surface area (Å²) in [5.74, 6) is -0.387. The number of aliphatic hydroxyl groups excluding tert-OH is 1. The van der Waals surface area contributed by atoms with Crippen molar-refractivity contribution in [3.05, 3.63) is 35.6 Å². The number of benzene rings is 1. The number of aliphatic hydroxyl groups is 1. The molecule has 1 saturated heterocycles. The molecule has 1 heterocycles. The van der Waals surface area contributed by atoms with Gasteiger partial charge in [0.15, 0.2) is 0 Å². The van der Waals surface area contributed by atoms with Crippen LogP contribution in [-0.4, -0.2) is 34.8 Å². The molecular formula is C17H24FNO3. The topological polar surface area (TPSA) is 49.8 Å². The van der Waals surface area contributed by atoms with Crippen LogP contribution < -0.4 is 0 Å². The highest BCUT2D eigenvalue weighted by Gasteiger charge is 2.31. The summed E-state index contributed by atoms with van der Waals surface area (Å²) in [6.45, 7) is 6.59. The molecule has 1 fully saturated rings. The zero-order valence-electron chi connectivity index (χ0n) is 13.4. The number of carbonyl (C=O) groups is 1. The molecule has 0 spiro atoms. The predicted molar refractivity (Wildman–Crippen MR) is 81.9 cm³/mol. The van der Waals surface area contributed by atoms with Crippen LogP contribution in [0.3, 0.4) is 0 Å². The van der Waals surface area contributed by atoms with Crippen molar-refractivity contribution in [1.29, 1.82) is 0 Å². The first-order chi connectivity index (χ1) is 10.3. The lowest BCUT2D eigenvalue weighted by atomic mass is 9.89. The van der Waals surface area contributed by atoms with E-state index in [2.05, 4.69) is 0 Å². The fourth-order valence-corrected chi connectivity index (χ4v) is 2.69. The average Bonchev–Trinajstić information content (AvgIpc) is 2.46. The van der Waals surface area contributed by atoms with E-state index in [1.807, 2.05) is 20.8 Å². The van der Waals surface area contributed by atoms with Gasteiger partial charge >= 0.3 is 6.09 Å². The van der Waals surface area contributed by atoms with Crippen LogP contribution in [0.2, 0.25) is 0 Å². The third kappa shape index (κ3) is 4.44. The fraction of sp³-hybridized carbons (Fsp3) is 0.588. The summed E-state index contributed by atoms with van der Waals surface area (Å²) in [6, 6.07) is 5.86. The molecule has 2 rings (SSSR count). The second-order valence-electron chi connectivity index (χ2n) is 6.83. The lowest BCUT2D eigenvalue weighted by Gasteiger charge is -2.36. The van der Waals surface area contributed by atoms with Gasteiger partial charge in [-0.05, 0) is 51.3 Å². The minimum absolute atomic E-state index is 0.0632. The maximum Gasteiger partial charge on any atom is 0.410 e. The number of likely N-dealkylation sites (tertiary alicyclic amines) is 1. The van der Waals surface area contributed by atoms with E-state index in [0.717, 1.165) is 12.8 Å². The van der Waals surface area contributed by atoms with E-state index in [0.29, 0.717) is 18.7 Å². The Labute approximate surface area is 130 Å². The Morgan fingerprint density at radius 1 is 1.36 bits per heavy atom. The third-order valence-electron chi connectivity index (χ3n) is 3.77. The Morgan fingerprint density at radius 2 is 2.00 bits per heavy atom. The van der Waals surface area contributed by atoms with E-state index in [1.165, 1.54) is 12.1 Å². The van der Waals surface area contributed by atoms with Crippen molar-refractivity contribution >= 4 is 6.09 Å². The molecule has 1 N–H and O–H groups in total. The largest absolute Gasteiger partial charge is 0.444 e. The number of carbonyl (C=O) groups excluding carboxylic acids is 1. The van der Waals surface area contributed by atoms with E-state index in [9.17, 15) is 14.3 Å². The van der Waals surface area contributed by atoms with Gasteiger partial charge in [0, 0.05) is 19.0 Å². The summed E-state index contributed by atoms with van der Waals surface area (Å²) in [5.41, 5.74) is 0.150. The van der Waals surface area contributed by atoms with E-state index in [-0.39, 0.29) is 17.8 Å². The van der Waals surface area contributed by atoms with Gasteiger partial charge < -0.3 is 14.7 Å². The van der Waals surface area contributed by atoms with Gasteiger partial charge in [0.05, 0.1) is 6.10 Å². The smallest absolute Gasteiger partial charge is 0.410 e. The van der Waals surface area contributed by atoms with Crippen LogP contribution in [0.1, 0.15) is 45.3 Å². The Bertz CT molecular complexity index is 510. The molecule has 0 unspecified atom stereocenters. The lowest BCUT2D eigenvalue weighted by Crippen LogP contribution is -2.44. The van der Waals surface area contributed by atoms with Crippen molar-refractivity contribution in [2.45, 2.75) is 45.3 Å². The Kier molecular flexibility index (Phi) is 5.06. The van der Waals surface area contributed by atoms with Crippen molar-refractivity contribution in [2.75, 3.05) is 13.1 Å². The van der Waals surface area contributed by atoms with Crippen LogP contribution in [0, 0.1) is 11.7 Å². The fourth-order valence-electron chi connectivity index (χ4n) is 2.69. The Hall–Kier alpha value is -1.62. The molecule has 2 atom stereocenters. The van der Waals surface area contributed by atoms with Gasteiger partial charge in [-0.2, -0.15) is 0 Å². The van der Waals surface area contributed by atoms with E-state index < -0.39 is 11.7 Å². The summed E-state index contributed by atoms with van der Waals surface area (Å²) in [4.78, 5) is 13.8. The van der Waals surface area contributed by atoms with Gasteiger partial charge in [0.25, 0.3) is 0 Å². The van der Waals surface area contributed by atoms with Crippen LogP contribution in [0.15, 0.2) is 24.3 Å². The lowest BCUT2D eigenvalue weighted by molar-refractivity contribution is 0.00238. The number of hydrogen-bond acceptors (Lipinski definition) is 3. The second-order valence-corrected chi connectivity index (χ2v) is 6.83. The molecule has 0 bridgehead atoms. The number of nitrogens with zero attached hydrogens (tertiary/aromatic N) is 1. The summed E-state index contributed by atoms with van der Waals surface area (Å²) in [6.07, 6.45) is 0.606. The van der Waals surface area contributed by atoms with Gasteiger partial charge in [-0.15, -0.1) is 0 Å². The highest BCUT2D eigenvalue weighted by Crippen LogP contribution is 2.30. The molecule has 4 nitrogen and oxygen atoms in total. The highest BCUT2D eigenvalue weighted by atomic mass is 19.1. The average molecular weight is 309 g/mol. The van der Waals surface area contributed by atoms with Crippen LogP contribution in [0.25, 0.3) is 0 Å². The summed E-state index contributed by atoms with van der Waals surface area (Å²) < 4.78 is 18.3. The standard InChI is InChI=1S/C17H24FNO3/c1-17(2,3)22-16(21)19-10-4-5-13(11-19)15(20)12-6-8-14(18)9-7-12/h6-9,13,15,20H,4-5,10-11H2,1-3H3/t13-,15+/m1/s1. The minimum Gasteiger partial charge on any atom is -0.444 e. The molecule has 122 valence electrons. The minimum atomic E-state index is -0.703. The van der Waals surface area contributed by atoms with Crippen molar-refractivity contribution in [3.63, 3.8) is 0 Å². The number of piperidine rings is 1. The second kappa shape index (κ2) is 6.65. The number of hydrogen-bond donors (Lipinski definition) is 1. The van der Waals surface area contributed by atoms with Gasteiger partial charge in [-0.1, -0.05) is 12.1 Å². The molecule has 1 aromatic carbocycles. The molecule has 1 aliphatic heterocycles. The van der Waals surface area contributed by atoms with Crippen molar-refractivity contribution in [3.8, 4) is 0 Å². The van der Waals surface area contributed by atoms with E-state index in [4.69, 9.17) is 4.74 Å². The first-order valence-corrected chi connectivity index (χ1v) is 7.68. The maximum atomic E-state index is 13.0. The molecular weight excluding hydrogens is 285 g/mol. The molecule has 0 radical (unpaired) electrons. The molecule has 1 amide bonds. The Morgan fingerprint density at radius 3 is 2.59 bits per heavy atom. The number of halogens is 1. The van der Waals surface area contributed by atoms with Crippen LogP contribution in [0.4, 0.5) is 9.18 Å². The maximum absolute atomic E-state index is 13.0. The molecule has 22 heavy (non-hydrogen) atoms. The van der Waals surface area contributed by atoms with Gasteiger partial charge in [0.2, 0.25) is 0 Å². The highest BCUT2D eigenvalue weighted by molar-refractivity contribution is 5.68. The molecule has 0 saturated carbocycles. The summed E-state index contributed by atoms with van der Waals surface area (Å²) in [5, 5.41) is 10.5. The predicted octanol–water partition coefficient (Wildman–Crippen LogP) is 3.51. The van der Waals surface area contributed by atoms with Crippen LogP contribution >= 0.6 is 0 Å². The first-order valence-electron chi connectivity index (χ1n) is 7.68. The summed E-state index contributed by atoms with van der Waals surface area (Å²) in [7, 11) is 0. The molecule has 0 aliphatic carbocycles. The van der Waals surface area contributed by atoms with Crippen molar-refractivity contribution in [1.82, 2.24) is 4.90 Å². The molecule has 1 aromatic rings. The van der Waals surface area contributed by atoms with Crippen molar-refractivity contribution < 1.29 is 19.0 Å². The van der Waals surface area contributed by atoms with Gasteiger partial charge in [0.1, 0.15) is 11.4 Å². The zero-order chi connectivity index (χ0) is 16.3. The molecule has 5 heteroatoms. The number of amides is 1. The first kappa shape index (κ1) is 16.7. The van der Waals surface area contributed by atoms with Crippen molar-refractivity contribution in [2.24, 2.45) is 5.92 Å². The van der Waals surface area contributed by atoms with E-state index >= 15 is 0 Å². The van der Waals surface area contributed by atoms with Gasteiger partial charge in [-0.3, -0.25) is 0 Å². The van der Waals surface area contributed by atoms with Crippen LogP contribution in [0.5, 0.6) is 0 Å². The monoisotopic (exact) mass is 309 g/mol. The number of rotatable bonds is 2. The SMILES string of the molecule is CC(C)(C)OC(=O)N1CCC[C@@H]([C@@H](O)c2ccc(F)cc2)C1. The van der Waals surface area contributed by atoms with Crippen LogP contribution in [-0.2, 0) is 4.74 Å². The quantitative estimate of drug-likeness (QED) is 0.909. The Balaban J connectivity index is 2.00. The van der Waals surface area contributed by atoms with E-state index in [1.54, 1.807) is 17.0 Å². The third-order valence-corrected chi connectivity index (χ3v) is 3.77. The summed E-state index contributed by atoms with van der Waals surface area (Å²) >= 11 is 0. The normalized spacial score (nSPS) is 20.6. The molecule has 0 aromatic heterocycles. The molecule has 1 aliphatic rings. The zero-order valence-corrected chi connectivity index (χ0v) is 13.4. The number of ether oxygens (including phenoxy) is 1. The van der Waals surface area contributed by atoms with Gasteiger partial charge in [-0.25, -0.2) is 9.18 Å².